The maximum atomic E-state index is 5.36. The fourth-order valence-electron chi connectivity index (χ4n) is 1.82. The number of hydrogen-bond donors (Lipinski definition) is 0. The molecule has 2 heteroatoms. The second-order valence-electron chi connectivity index (χ2n) is 4.04. The van der Waals surface area contributed by atoms with E-state index in [1.54, 1.807) is 14.2 Å². The van der Waals surface area contributed by atoms with Crippen molar-refractivity contribution in [3.63, 3.8) is 0 Å². The van der Waals surface area contributed by atoms with Crippen LogP contribution >= 0.6 is 0 Å². The molecular formula is C17H16O2. The third-order valence-corrected chi connectivity index (χ3v) is 2.74. The van der Waals surface area contributed by atoms with Crippen molar-refractivity contribution in [2.24, 2.45) is 0 Å². The van der Waals surface area contributed by atoms with Crippen LogP contribution < -0.4 is 4.74 Å². The van der Waals surface area contributed by atoms with Crippen LogP contribution in [0.2, 0.25) is 0 Å². The Bertz CT molecular complexity index is 592. The van der Waals surface area contributed by atoms with Crippen LogP contribution in [0.1, 0.15) is 16.7 Å². The van der Waals surface area contributed by atoms with E-state index in [4.69, 9.17) is 9.47 Å². The molecule has 0 heterocycles. The molecule has 0 atom stereocenters. The standard InChI is InChI=1S/C17H16O2/c1-18-13-15-9-6-10-17(19-2)16(15)12-11-14-7-4-3-5-8-14/h3-10H,13H2,1-2H3. The Morgan fingerprint density at radius 3 is 2.37 bits per heavy atom. The lowest BCUT2D eigenvalue weighted by Gasteiger charge is -2.08. The molecule has 96 valence electrons. The zero-order chi connectivity index (χ0) is 13.5. The van der Waals surface area contributed by atoms with Crippen molar-refractivity contribution in [1.29, 1.82) is 0 Å². The van der Waals surface area contributed by atoms with Gasteiger partial charge in [0.15, 0.2) is 0 Å². The van der Waals surface area contributed by atoms with E-state index < -0.39 is 0 Å². The summed E-state index contributed by atoms with van der Waals surface area (Å²) >= 11 is 0. The lowest BCUT2D eigenvalue weighted by Crippen LogP contribution is -1.96. The van der Waals surface area contributed by atoms with E-state index in [1.165, 1.54) is 0 Å². The predicted molar refractivity (Wildman–Crippen MR) is 76.1 cm³/mol. The number of hydrogen-bond acceptors (Lipinski definition) is 2. The van der Waals surface area contributed by atoms with Gasteiger partial charge in [-0.05, 0) is 23.8 Å². The summed E-state index contributed by atoms with van der Waals surface area (Å²) in [7, 11) is 3.33. The van der Waals surface area contributed by atoms with Gasteiger partial charge >= 0.3 is 0 Å². The Morgan fingerprint density at radius 2 is 1.68 bits per heavy atom. The first kappa shape index (κ1) is 13.2. The number of rotatable bonds is 3. The van der Waals surface area contributed by atoms with Gasteiger partial charge in [0.05, 0.1) is 19.3 Å². The van der Waals surface area contributed by atoms with Crippen LogP contribution in [0, 0.1) is 11.8 Å². The molecule has 2 aromatic rings. The summed E-state index contributed by atoms with van der Waals surface area (Å²) < 4.78 is 10.6. The molecule has 19 heavy (non-hydrogen) atoms. The quantitative estimate of drug-likeness (QED) is 0.781. The first-order valence-corrected chi connectivity index (χ1v) is 6.07. The first-order valence-electron chi connectivity index (χ1n) is 6.07. The Hall–Kier alpha value is -2.24. The highest BCUT2D eigenvalue weighted by atomic mass is 16.5. The van der Waals surface area contributed by atoms with Crippen molar-refractivity contribution in [3.8, 4) is 17.6 Å². The largest absolute Gasteiger partial charge is 0.495 e. The van der Waals surface area contributed by atoms with Crippen molar-refractivity contribution in [2.75, 3.05) is 14.2 Å². The van der Waals surface area contributed by atoms with E-state index >= 15 is 0 Å². The lowest BCUT2D eigenvalue weighted by molar-refractivity contribution is 0.184. The summed E-state index contributed by atoms with van der Waals surface area (Å²) in [6.45, 7) is 0.524. The molecule has 0 spiro atoms. The predicted octanol–water partition coefficient (Wildman–Crippen LogP) is 3.24. The molecule has 0 amide bonds. The SMILES string of the molecule is COCc1cccc(OC)c1C#Cc1ccccc1. The molecule has 0 N–H and O–H groups in total. The van der Waals surface area contributed by atoms with Gasteiger partial charge in [-0.2, -0.15) is 0 Å². The molecule has 2 rings (SSSR count). The minimum atomic E-state index is 0.524. The molecule has 0 saturated carbocycles. The second-order valence-corrected chi connectivity index (χ2v) is 4.04. The van der Waals surface area contributed by atoms with Crippen molar-refractivity contribution >= 4 is 0 Å². The summed E-state index contributed by atoms with van der Waals surface area (Å²) in [6, 6.07) is 15.8. The van der Waals surface area contributed by atoms with Crippen LogP contribution in [0.3, 0.4) is 0 Å². The molecule has 0 radical (unpaired) electrons. The van der Waals surface area contributed by atoms with Crippen molar-refractivity contribution in [1.82, 2.24) is 0 Å². The van der Waals surface area contributed by atoms with E-state index in [-0.39, 0.29) is 0 Å². The third-order valence-electron chi connectivity index (χ3n) is 2.74. The average Bonchev–Trinajstić information content (AvgIpc) is 2.47. The van der Waals surface area contributed by atoms with Gasteiger partial charge < -0.3 is 9.47 Å². The Morgan fingerprint density at radius 1 is 0.895 bits per heavy atom. The second kappa shape index (κ2) is 6.63. The van der Waals surface area contributed by atoms with Gasteiger partial charge in [-0.15, -0.1) is 0 Å². The zero-order valence-electron chi connectivity index (χ0n) is 11.1. The van der Waals surface area contributed by atoms with Crippen LogP contribution in [-0.4, -0.2) is 14.2 Å². The van der Waals surface area contributed by atoms with Gasteiger partial charge in [-0.25, -0.2) is 0 Å². The molecule has 0 aliphatic rings. The average molecular weight is 252 g/mol. The molecular weight excluding hydrogens is 236 g/mol. The van der Waals surface area contributed by atoms with Gasteiger partial charge in [0, 0.05) is 12.7 Å². The van der Waals surface area contributed by atoms with E-state index in [2.05, 4.69) is 11.8 Å². The van der Waals surface area contributed by atoms with Crippen LogP contribution in [0.25, 0.3) is 0 Å². The molecule has 0 aromatic heterocycles. The highest BCUT2D eigenvalue weighted by Crippen LogP contribution is 2.21. The molecule has 2 aromatic carbocycles. The zero-order valence-corrected chi connectivity index (χ0v) is 11.1. The number of benzene rings is 2. The highest BCUT2D eigenvalue weighted by molar-refractivity contribution is 5.53. The summed E-state index contributed by atoms with van der Waals surface area (Å²) in [4.78, 5) is 0. The van der Waals surface area contributed by atoms with Gasteiger partial charge in [0.25, 0.3) is 0 Å². The smallest absolute Gasteiger partial charge is 0.134 e. The summed E-state index contributed by atoms with van der Waals surface area (Å²) in [5.41, 5.74) is 2.90. The van der Waals surface area contributed by atoms with E-state index in [0.717, 1.165) is 22.4 Å². The minimum Gasteiger partial charge on any atom is -0.495 e. The van der Waals surface area contributed by atoms with Crippen LogP contribution in [0.5, 0.6) is 5.75 Å². The van der Waals surface area contributed by atoms with E-state index in [1.807, 2.05) is 48.5 Å². The molecule has 0 aliphatic heterocycles. The first-order chi connectivity index (χ1) is 9.35. The summed E-state index contributed by atoms with van der Waals surface area (Å²) in [6.07, 6.45) is 0. The Balaban J connectivity index is 2.41. The van der Waals surface area contributed by atoms with Gasteiger partial charge in [0.1, 0.15) is 5.75 Å². The molecule has 2 nitrogen and oxygen atoms in total. The van der Waals surface area contributed by atoms with Crippen LogP contribution in [-0.2, 0) is 11.3 Å². The minimum absolute atomic E-state index is 0.524. The summed E-state index contributed by atoms with van der Waals surface area (Å²) in [5, 5.41) is 0. The number of ether oxygens (including phenoxy) is 2. The molecule has 0 bridgehead atoms. The topological polar surface area (TPSA) is 18.5 Å². The lowest BCUT2D eigenvalue weighted by atomic mass is 10.1. The van der Waals surface area contributed by atoms with E-state index in [0.29, 0.717) is 6.61 Å². The molecule has 0 unspecified atom stereocenters. The highest BCUT2D eigenvalue weighted by Gasteiger charge is 2.06. The van der Waals surface area contributed by atoms with Crippen molar-refractivity contribution in [2.45, 2.75) is 6.61 Å². The fraction of sp³-hybridized carbons (Fsp3) is 0.176. The molecule has 0 aliphatic carbocycles. The Labute approximate surface area is 114 Å². The van der Waals surface area contributed by atoms with Crippen molar-refractivity contribution in [3.05, 3.63) is 65.2 Å². The monoisotopic (exact) mass is 252 g/mol. The van der Waals surface area contributed by atoms with Gasteiger partial charge in [-0.1, -0.05) is 42.2 Å². The van der Waals surface area contributed by atoms with Crippen LogP contribution in [0.4, 0.5) is 0 Å². The van der Waals surface area contributed by atoms with Crippen molar-refractivity contribution < 1.29 is 9.47 Å². The molecule has 0 saturated heterocycles. The maximum Gasteiger partial charge on any atom is 0.134 e. The normalized spacial score (nSPS) is 9.58. The third kappa shape index (κ3) is 3.37. The Kier molecular flexibility index (Phi) is 4.60. The van der Waals surface area contributed by atoms with Gasteiger partial charge in [-0.3, -0.25) is 0 Å². The number of methoxy groups -OCH3 is 2. The molecule has 0 fully saturated rings. The van der Waals surface area contributed by atoms with E-state index in [9.17, 15) is 0 Å². The van der Waals surface area contributed by atoms with Gasteiger partial charge in [0.2, 0.25) is 0 Å². The van der Waals surface area contributed by atoms with Crippen LogP contribution in [0.15, 0.2) is 48.5 Å². The summed E-state index contributed by atoms with van der Waals surface area (Å²) in [5.74, 6) is 7.10. The maximum absolute atomic E-state index is 5.36. The fourth-order valence-corrected chi connectivity index (χ4v) is 1.82.